The maximum Gasteiger partial charge on any atom is 0.208 e. The van der Waals surface area contributed by atoms with E-state index in [0.29, 0.717) is 12.5 Å². The lowest BCUT2D eigenvalue weighted by molar-refractivity contribution is 0.293. The minimum Gasteiger partial charge on any atom is -0.473 e. The molecule has 0 saturated heterocycles. The Bertz CT molecular complexity index is 352. The molecule has 0 radical (unpaired) electrons. The highest BCUT2D eigenvalue weighted by Gasteiger charge is 1.98. The zero-order valence-corrected chi connectivity index (χ0v) is 10.2. The Morgan fingerprint density at radius 3 is 2.56 bits per heavy atom. The molecular formula is C14H19NO. The van der Waals surface area contributed by atoms with Gasteiger partial charge in [0.05, 0.1) is 0 Å². The highest BCUT2D eigenvalue weighted by molar-refractivity contribution is 5.87. The first kappa shape index (κ1) is 12.5. The molecule has 2 heteroatoms. The first-order valence-electron chi connectivity index (χ1n) is 5.59. The molecule has 0 aliphatic heterocycles. The molecule has 0 aromatic heterocycles. The summed E-state index contributed by atoms with van der Waals surface area (Å²) in [4.78, 5) is 4.39. The van der Waals surface area contributed by atoms with Crippen molar-refractivity contribution >= 4 is 5.90 Å². The molecule has 0 saturated carbocycles. The molecular weight excluding hydrogens is 198 g/mol. The van der Waals surface area contributed by atoms with E-state index in [4.69, 9.17) is 4.74 Å². The van der Waals surface area contributed by atoms with Crippen molar-refractivity contribution in [1.82, 2.24) is 0 Å². The second-order valence-electron chi connectivity index (χ2n) is 3.84. The Balaban J connectivity index is 2.57. The average molecular weight is 217 g/mol. The highest BCUT2D eigenvalue weighted by Crippen LogP contribution is 2.02. The lowest BCUT2D eigenvalue weighted by Gasteiger charge is -2.07. The Kier molecular flexibility index (Phi) is 5.34. The summed E-state index contributed by atoms with van der Waals surface area (Å²) in [7, 11) is 0. The largest absolute Gasteiger partial charge is 0.473 e. The van der Waals surface area contributed by atoms with Crippen LogP contribution in [0.2, 0.25) is 0 Å². The lowest BCUT2D eigenvalue weighted by Crippen LogP contribution is -2.05. The van der Waals surface area contributed by atoms with Crippen molar-refractivity contribution in [3.63, 3.8) is 0 Å². The molecule has 1 rings (SSSR count). The summed E-state index contributed by atoms with van der Waals surface area (Å²) in [6.45, 7) is 6.60. The van der Waals surface area contributed by atoms with Crippen LogP contribution in [-0.2, 0) is 11.3 Å². The minimum atomic E-state index is 0.252. The summed E-state index contributed by atoms with van der Waals surface area (Å²) < 4.78 is 5.64. The van der Waals surface area contributed by atoms with Crippen LogP contribution in [-0.4, -0.2) is 11.9 Å². The van der Waals surface area contributed by atoms with Gasteiger partial charge in [0.25, 0.3) is 0 Å². The second-order valence-corrected chi connectivity index (χ2v) is 3.84. The topological polar surface area (TPSA) is 21.6 Å². The van der Waals surface area contributed by atoms with Crippen LogP contribution >= 0.6 is 0 Å². The summed E-state index contributed by atoms with van der Waals surface area (Å²) in [6, 6.07) is 10.4. The zero-order chi connectivity index (χ0) is 11.8. The molecule has 1 aromatic rings. The standard InChI is InChI=1S/C14H19NO/c1-4-8-14(15-12(2)3)16-11-13-9-6-5-7-10-13/h4-10,12H,11H2,1-3H3/b8-4-,15-14+. The molecule has 0 aliphatic rings. The Morgan fingerprint density at radius 1 is 1.31 bits per heavy atom. The van der Waals surface area contributed by atoms with Crippen molar-refractivity contribution in [2.45, 2.75) is 33.4 Å². The number of hydrogen-bond donors (Lipinski definition) is 0. The van der Waals surface area contributed by atoms with Gasteiger partial charge in [-0.25, -0.2) is 4.99 Å². The van der Waals surface area contributed by atoms with Gasteiger partial charge < -0.3 is 4.74 Å². The average Bonchev–Trinajstić information content (AvgIpc) is 2.27. The van der Waals surface area contributed by atoms with Crippen LogP contribution in [0.15, 0.2) is 47.5 Å². The fourth-order valence-corrected chi connectivity index (χ4v) is 1.26. The predicted octanol–water partition coefficient (Wildman–Crippen LogP) is 3.59. The highest BCUT2D eigenvalue weighted by atomic mass is 16.5. The quantitative estimate of drug-likeness (QED) is 0.558. The van der Waals surface area contributed by atoms with E-state index in [1.807, 2.05) is 63.3 Å². The normalized spacial score (nSPS) is 12.4. The van der Waals surface area contributed by atoms with Crippen LogP contribution in [0.5, 0.6) is 0 Å². The molecule has 16 heavy (non-hydrogen) atoms. The third kappa shape index (κ3) is 4.78. The Hall–Kier alpha value is -1.57. The van der Waals surface area contributed by atoms with Gasteiger partial charge in [-0.1, -0.05) is 36.4 Å². The van der Waals surface area contributed by atoms with Gasteiger partial charge in [0, 0.05) is 6.04 Å². The fourth-order valence-electron chi connectivity index (χ4n) is 1.26. The van der Waals surface area contributed by atoms with Gasteiger partial charge in [-0.15, -0.1) is 0 Å². The van der Waals surface area contributed by atoms with Crippen LogP contribution < -0.4 is 0 Å². The van der Waals surface area contributed by atoms with E-state index >= 15 is 0 Å². The van der Waals surface area contributed by atoms with Crippen LogP contribution in [0.3, 0.4) is 0 Å². The Labute approximate surface area is 97.7 Å². The number of allylic oxidation sites excluding steroid dienone is 1. The molecule has 0 atom stereocenters. The number of ether oxygens (including phenoxy) is 1. The predicted molar refractivity (Wildman–Crippen MR) is 68.6 cm³/mol. The first-order chi connectivity index (χ1) is 7.72. The number of benzene rings is 1. The minimum absolute atomic E-state index is 0.252. The smallest absolute Gasteiger partial charge is 0.208 e. The third-order valence-electron chi connectivity index (χ3n) is 1.92. The molecule has 0 unspecified atom stereocenters. The summed E-state index contributed by atoms with van der Waals surface area (Å²) in [5.74, 6) is 0.696. The van der Waals surface area contributed by atoms with Crippen molar-refractivity contribution in [2.75, 3.05) is 0 Å². The summed E-state index contributed by atoms with van der Waals surface area (Å²) in [5, 5.41) is 0. The summed E-state index contributed by atoms with van der Waals surface area (Å²) in [5.41, 5.74) is 1.16. The van der Waals surface area contributed by atoms with Crippen LogP contribution in [0.1, 0.15) is 26.3 Å². The number of hydrogen-bond acceptors (Lipinski definition) is 2. The van der Waals surface area contributed by atoms with Crippen LogP contribution in [0, 0.1) is 0 Å². The van der Waals surface area contributed by atoms with Gasteiger partial charge >= 0.3 is 0 Å². The van der Waals surface area contributed by atoms with Crippen molar-refractivity contribution in [1.29, 1.82) is 0 Å². The second kappa shape index (κ2) is 6.83. The van der Waals surface area contributed by atoms with Crippen molar-refractivity contribution in [3.05, 3.63) is 48.0 Å². The van der Waals surface area contributed by atoms with E-state index in [0.717, 1.165) is 5.56 Å². The maximum absolute atomic E-state index is 5.64. The van der Waals surface area contributed by atoms with Gasteiger partial charge in [-0.2, -0.15) is 0 Å². The van der Waals surface area contributed by atoms with Gasteiger partial charge in [-0.3, -0.25) is 0 Å². The zero-order valence-electron chi connectivity index (χ0n) is 10.2. The molecule has 2 nitrogen and oxygen atoms in total. The number of nitrogens with zero attached hydrogens (tertiary/aromatic N) is 1. The summed E-state index contributed by atoms with van der Waals surface area (Å²) in [6.07, 6.45) is 3.83. The summed E-state index contributed by atoms with van der Waals surface area (Å²) >= 11 is 0. The molecule has 86 valence electrons. The third-order valence-corrected chi connectivity index (χ3v) is 1.92. The van der Waals surface area contributed by atoms with Crippen LogP contribution in [0.4, 0.5) is 0 Å². The molecule has 1 aromatic carbocycles. The van der Waals surface area contributed by atoms with E-state index < -0.39 is 0 Å². The molecule has 0 amide bonds. The molecule has 0 heterocycles. The van der Waals surface area contributed by atoms with Crippen molar-refractivity contribution in [3.8, 4) is 0 Å². The van der Waals surface area contributed by atoms with E-state index in [2.05, 4.69) is 4.99 Å². The van der Waals surface area contributed by atoms with Gasteiger partial charge in [0.2, 0.25) is 5.90 Å². The van der Waals surface area contributed by atoms with Gasteiger partial charge in [-0.05, 0) is 32.4 Å². The molecule has 0 aliphatic carbocycles. The SMILES string of the molecule is C/C=C\C(=N/C(C)C)OCc1ccccc1. The van der Waals surface area contributed by atoms with Gasteiger partial charge in [0.15, 0.2) is 0 Å². The maximum atomic E-state index is 5.64. The first-order valence-corrected chi connectivity index (χ1v) is 5.59. The molecule has 0 N–H and O–H groups in total. The van der Waals surface area contributed by atoms with Crippen molar-refractivity contribution in [2.24, 2.45) is 4.99 Å². The van der Waals surface area contributed by atoms with Crippen LogP contribution in [0.25, 0.3) is 0 Å². The molecule has 0 spiro atoms. The Morgan fingerprint density at radius 2 is 2.00 bits per heavy atom. The van der Waals surface area contributed by atoms with Gasteiger partial charge in [0.1, 0.15) is 6.61 Å². The van der Waals surface area contributed by atoms with E-state index in [9.17, 15) is 0 Å². The van der Waals surface area contributed by atoms with E-state index in [-0.39, 0.29) is 6.04 Å². The number of rotatable bonds is 4. The fraction of sp³-hybridized carbons (Fsp3) is 0.357. The van der Waals surface area contributed by atoms with E-state index in [1.54, 1.807) is 0 Å². The number of aliphatic imine (C=N–C) groups is 1. The molecule has 0 fully saturated rings. The molecule has 0 bridgehead atoms. The lowest BCUT2D eigenvalue weighted by atomic mass is 10.2. The monoisotopic (exact) mass is 217 g/mol. The van der Waals surface area contributed by atoms with Crippen molar-refractivity contribution < 1.29 is 4.74 Å². The van der Waals surface area contributed by atoms with E-state index in [1.165, 1.54) is 0 Å².